The van der Waals surface area contributed by atoms with Gasteiger partial charge in [-0.2, -0.15) is 0 Å². The molecule has 3 nitrogen and oxygen atoms in total. The highest BCUT2D eigenvalue weighted by Gasteiger charge is 2.36. The summed E-state index contributed by atoms with van der Waals surface area (Å²) >= 11 is 1.61. The second kappa shape index (κ2) is 5.90. The molecule has 0 bridgehead atoms. The molecule has 0 aliphatic heterocycles. The molecule has 1 aliphatic rings. The fourth-order valence-electron chi connectivity index (χ4n) is 2.95. The number of aromatic nitrogens is 1. The highest BCUT2D eigenvalue weighted by Crippen LogP contribution is 2.41. The zero-order valence-corrected chi connectivity index (χ0v) is 13.1. The van der Waals surface area contributed by atoms with E-state index in [9.17, 15) is 5.11 Å². The Morgan fingerprint density at radius 2 is 2.11 bits per heavy atom. The molecule has 2 rings (SSSR count). The molecule has 1 fully saturated rings. The van der Waals surface area contributed by atoms with E-state index in [1.54, 1.807) is 11.3 Å². The molecule has 19 heavy (non-hydrogen) atoms. The molecule has 2 N–H and O–H groups in total. The van der Waals surface area contributed by atoms with Crippen LogP contribution >= 0.6 is 11.3 Å². The number of aliphatic hydroxyl groups is 1. The molecule has 0 atom stereocenters. The standard InChI is InChI=1S/C15H26N2OS/c1-14(2,3)12-4-6-15(18,7-5-12)10-16-8-13-9-19-11-17-13/h9,11-12,16,18H,4-8,10H2,1-3H3. The maximum Gasteiger partial charge on any atom is 0.0795 e. The molecule has 0 aromatic carbocycles. The minimum Gasteiger partial charge on any atom is -0.389 e. The number of hydrogen-bond acceptors (Lipinski definition) is 4. The van der Waals surface area contributed by atoms with Crippen molar-refractivity contribution >= 4 is 11.3 Å². The lowest BCUT2D eigenvalue weighted by Gasteiger charge is -2.41. The first-order valence-electron chi connectivity index (χ1n) is 7.19. The third-order valence-electron chi connectivity index (χ3n) is 4.38. The van der Waals surface area contributed by atoms with E-state index in [1.165, 1.54) is 0 Å². The van der Waals surface area contributed by atoms with Gasteiger partial charge in [-0.3, -0.25) is 0 Å². The molecule has 1 aromatic heterocycles. The van der Waals surface area contributed by atoms with Crippen LogP contribution in [0.1, 0.15) is 52.1 Å². The van der Waals surface area contributed by atoms with Crippen LogP contribution in [0.2, 0.25) is 0 Å². The van der Waals surface area contributed by atoms with Crippen molar-refractivity contribution in [1.82, 2.24) is 10.3 Å². The first-order chi connectivity index (χ1) is 8.89. The predicted molar refractivity (Wildman–Crippen MR) is 80.2 cm³/mol. The SMILES string of the molecule is CC(C)(C)C1CCC(O)(CNCc2cscn2)CC1. The molecule has 4 heteroatoms. The quantitative estimate of drug-likeness (QED) is 0.891. The second-order valence-corrected chi connectivity index (χ2v) is 7.67. The van der Waals surface area contributed by atoms with Crippen molar-refractivity contribution in [3.05, 3.63) is 16.6 Å². The van der Waals surface area contributed by atoms with Crippen molar-refractivity contribution in [3.8, 4) is 0 Å². The van der Waals surface area contributed by atoms with Crippen LogP contribution in [0.15, 0.2) is 10.9 Å². The Bertz CT molecular complexity index is 375. The Balaban J connectivity index is 1.75. The van der Waals surface area contributed by atoms with Crippen LogP contribution in [-0.4, -0.2) is 22.2 Å². The van der Waals surface area contributed by atoms with Gasteiger partial charge in [0.1, 0.15) is 0 Å². The minimum atomic E-state index is -0.516. The fraction of sp³-hybridized carbons (Fsp3) is 0.800. The molecular weight excluding hydrogens is 256 g/mol. The van der Waals surface area contributed by atoms with E-state index in [1.807, 2.05) is 10.9 Å². The highest BCUT2D eigenvalue weighted by atomic mass is 32.1. The summed E-state index contributed by atoms with van der Waals surface area (Å²) in [7, 11) is 0. The van der Waals surface area contributed by atoms with E-state index < -0.39 is 5.60 Å². The second-order valence-electron chi connectivity index (χ2n) is 6.95. The summed E-state index contributed by atoms with van der Waals surface area (Å²) in [6, 6.07) is 0. The first-order valence-corrected chi connectivity index (χ1v) is 8.13. The summed E-state index contributed by atoms with van der Waals surface area (Å²) in [6.45, 7) is 8.36. The average Bonchev–Trinajstić information content (AvgIpc) is 2.81. The van der Waals surface area contributed by atoms with Crippen molar-refractivity contribution < 1.29 is 5.11 Å². The van der Waals surface area contributed by atoms with Gasteiger partial charge in [-0.1, -0.05) is 20.8 Å². The topological polar surface area (TPSA) is 45.1 Å². The first kappa shape index (κ1) is 14.9. The molecule has 1 heterocycles. The molecule has 108 valence electrons. The van der Waals surface area contributed by atoms with Crippen LogP contribution in [0.25, 0.3) is 0 Å². The zero-order chi connectivity index (χ0) is 13.9. The van der Waals surface area contributed by atoms with E-state index in [4.69, 9.17) is 0 Å². The van der Waals surface area contributed by atoms with Crippen LogP contribution in [-0.2, 0) is 6.54 Å². The predicted octanol–water partition coefficient (Wildman–Crippen LogP) is 3.20. The largest absolute Gasteiger partial charge is 0.389 e. The Labute approximate surface area is 120 Å². The van der Waals surface area contributed by atoms with Crippen molar-refractivity contribution in [1.29, 1.82) is 0 Å². The van der Waals surface area contributed by atoms with Crippen molar-refractivity contribution in [2.45, 2.75) is 58.6 Å². The lowest BCUT2D eigenvalue weighted by Crippen LogP contribution is -2.44. The van der Waals surface area contributed by atoms with Crippen LogP contribution < -0.4 is 5.32 Å². The van der Waals surface area contributed by atoms with Crippen LogP contribution in [0.3, 0.4) is 0 Å². The Morgan fingerprint density at radius 3 is 2.63 bits per heavy atom. The Hall–Kier alpha value is -0.450. The maximum absolute atomic E-state index is 10.6. The summed E-state index contributed by atoms with van der Waals surface area (Å²) in [5.74, 6) is 0.742. The van der Waals surface area contributed by atoms with E-state index in [-0.39, 0.29) is 0 Å². The van der Waals surface area contributed by atoms with Gasteiger partial charge >= 0.3 is 0 Å². The molecule has 1 aliphatic carbocycles. The van der Waals surface area contributed by atoms with Gasteiger partial charge in [0.2, 0.25) is 0 Å². The molecule has 0 radical (unpaired) electrons. The summed E-state index contributed by atoms with van der Waals surface area (Å²) in [6.07, 6.45) is 4.11. The smallest absolute Gasteiger partial charge is 0.0795 e. The molecule has 0 saturated heterocycles. The number of nitrogens with one attached hydrogen (secondary N) is 1. The Kier molecular flexibility index (Phi) is 4.64. The highest BCUT2D eigenvalue weighted by molar-refractivity contribution is 7.07. The van der Waals surface area contributed by atoms with Gasteiger partial charge in [0.15, 0.2) is 0 Å². The van der Waals surface area contributed by atoms with Gasteiger partial charge in [0.05, 0.1) is 16.8 Å². The molecule has 0 spiro atoms. The van der Waals surface area contributed by atoms with Crippen LogP contribution in [0, 0.1) is 11.3 Å². The lowest BCUT2D eigenvalue weighted by molar-refractivity contribution is -0.0239. The van der Waals surface area contributed by atoms with Crippen molar-refractivity contribution in [3.63, 3.8) is 0 Å². The molecular formula is C15H26N2OS. The van der Waals surface area contributed by atoms with E-state index in [0.29, 0.717) is 12.0 Å². The summed E-state index contributed by atoms with van der Waals surface area (Å²) in [4.78, 5) is 4.24. The van der Waals surface area contributed by atoms with Crippen molar-refractivity contribution in [2.24, 2.45) is 11.3 Å². The van der Waals surface area contributed by atoms with Crippen LogP contribution in [0.4, 0.5) is 0 Å². The van der Waals surface area contributed by atoms with E-state index in [2.05, 4.69) is 31.1 Å². The van der Waals surface area contributed by atoms with Crippen LogP contribution in [0.5, 0.6) is 0 Å². The zero-order valence-electron chi connectivity index (χ0n) is 12.3. The number of rotatable bonds is 4. The van der Waals surface area contributed by atoms with Gasteiger partial charge in [-0.25, -0.2) is 4.98 Å². The third-order valence-corrected chi connectivity index (χ3v) is 5.02. The number of hydrogen-bond donors (Lipinski definition) is 2. The summed E-state index contributed by atoms with van der Waals surface area (Å²) < 4.78 is 0. The van der Waals surface area contributed by atoms with Gasteiger partial charge in [0.25, 0.3) is 0 Å². The Morgan fingerprint density at radius 1 is 1.42 bits per heavy atom. The maximum atomic E-state index is 10.6. The lowest BCUT2D eigenvalue weighted by atomic mass is 9.68. The van der Waals surface area contributed by atoms with Gasteiger partial charge in [-0.05, 0) is 37.0 Å². The van der Waals surface area contributed by atoms with E-state index in [0.717, 1.165) is 43.8 Å². The molecule has 1 saturated carbocycles. The fourth-order valence-corrected chi connectivity index (χ4v) is 3.50. The van der Waals surface area contributed by atoms with Crippen molar-refractivity contribution in [2.75, 3.05) is 6.54 Å². The monoisotopic (exact) mass is 282 g/mol. The van der Waals surface area contributed by atoms with Gasteiger partial charge in [-0.15, -0.1) is 11.3 Å². The molecule has 1 aromatic rings. The molecule has 0 unspecified atom stereocenters. The van der Waals surface area contributed by atoms with Gasteiger partial charge < -0.3 is 10.4 Å². The third kappa shape index (κ3) is 4.26. The summed E-state index contributed by atoms with van der Waals surface area (Å²) in [5, 5.41) is 16.0. The average molecular weight is 282 g/mol. The number of nitrogens with zero attached hydrogens (tertiary/aromatic N) is 1. The molecule has 0 amide bonds. The summed E-state index contributed by atoms with van der Waals surface area (Å²) in [5.41, 5.74) is 2.77. The van der Waals surface area contributed by atoms with Gasteiger partial charge in [0, 0.05) is 18.5 Å². The van der Waals surface area contributed by atoms with E-state index >= 15 is 0 Å². The minimum absolute atomic E-state index is 0.370. The number of thiazole rings is 1. The normalized spacial score (nSPS) is 28.5.